The lowest BCUT2D eigenvalue weighted by atomic mass is 10.2. The van der Waals surface area contributed by atoms with Crippen molar-refractivity contribution in [3.05, 3.63) is 75.8 Å². The lowest BCUT2D eigenvalue weighted by molar-refractivity contribution is -0.119. The molecule has 0 radical (unpaired) electrons. The lowest BCUT2D eigenvalue weighted by Crippen LogP contribution is -2.33. The predicted octanol–water partition coefficient (Wildman–Crippen LogP) is 3.47. The van der Waals surface area contributed by atoms with Crippen molar-refractivity contribution in [1.82, 2.24) is 14.8 Å². The second-order valence-corrected chi connectivity index (χ2v) is 6.30. The Labute approximate surface area is 155 Å². The summed E-state index contributed by atoms with van der Waals surface area (Å²) in [4.78, 5) is 28.9. The molecule has 26 heavy (non-hydrogen) atoms. The van der Waals surface area contributed by atoms with Crippen LogP contribution in [0.25, 0.3) is 11.3 Å². The Morgan fingerprint density at radius 2 is 2.04 bits per heavy atom. The second-order valence-electron chi connectivity index (χ2n) is 5.87. The quantitative estimate of drug-likeness (QED) is 0.765. The van der Waals surface area contributed by atoms with E-state index >= 15 is 0 Å². The van der Waals surface area contributed by atoms with Crippen molar-refractivity contribution in [3.8, 4) is 11.3 Å². The number of hydrogen-bond donors (Lipinski definition) is 1. The summed E-state index contributed by atoms with van der Waals surface area (Å²) in [6, 6.07) is 11.1. The van der Waals surface area contributed by atoms with Crippen molar-refractivity contribution in [2.75, 3.05) is 5.32 Å². The molecule has 3 rings (SSSR count). The zero-order valence-electron chi connectivity index (χ0n) is 14.3. The van der Waals surface area contributed by atoms with Crippen LogP contribution in [0.1, 0.15) is 18.5 Å². The van der Waals surface area contributed by atoms with E-state index in [0.29, 0.717) is 16.4 Å². The van der Waals surface area contributed by atoms with Gasteiger partial charge in [0.05, 0.1) is 5.69 Å². The molecule has 1 aromatic carbocycles. The maximum Gasteiger partial charge on any atom is 0.267 e. The van der Waals surface area contributed by atoms with Crippen LogP contribution in [0.5, 0.6) is 0 Å². The number of halogens is 1. The van der Waals surface area contributed by atoms with Gasteiger partial charge in [-0.05, 0) is 49.7 Å². The highest BCUT2D eigenvalue weighted by Crippen LogP contribution is 2.21. The van der Waals surface area contributed by atoms with E-state index in [1.807, 2.05) is 19.1 Å². The van der Waals surface area contributed by atoms with Crippen LogP contribution in [0.4, 0.5) is 5.69 Å². The molecule has 1 N–H and O–H groups in total. The standard InChI is InChI=1S/C19H17ClN4O2/c1-12-5-6-15(20)10-17(12)22-19(26)13(2)24-18(25)8-7-16(23-24)14-4-3-9-21-11-14/h3-11,13H,1-2H3,(H,22,26). The minimum atomic E-state index is -0.794. The van der Waals surface area contributed by atoms with Crippen molar-refractivity contribution in [2.45, 2.75) is 19.9 Å². The average Bonchev–Trinajstić information content (AvgIpc) is 2.65. The van der Waals surface area contributed by atoms with Crippen LogP contribution in [0.15, 0.2) is 59.7 Å². The van der Waals surface area contributed by atoms with Gasteiger partial charge in [-0.1, -0.05) is 17.7 Å². The first kappa shape index (κ1) is 17.8. The monoisotopic (exact) mass is 368 g/mol. The smallest absolute Gasteiger partial charge is 0.267 e. The molecule has 0 aliphatic heterocycles. The van der Waals surface area contributed by atoms with Crippen LogP contribution in [0.2, 0.25) is 5.02 Å². The third kappa shape index (κ3) is 3.81. The molecule has 0 spiro atoms. The number of benzene rings is 1. The highest BCUT2D eigenvalue weighted by molar-refractivity contribution is 6.31. The molecule has 1 unspecified atom stereocenters. The minimum absolute atomic E-state index is 0.353. The van der Waals surface area contributed by atoms with Crippen molar-refractivity contribution in [3.63, 3.8) is 0 Å². The van der Waals surface area contributed by atoms with Gasteiger partial charge >= 0.3 is 0 Å². The molecule has 2 aromatic heterocycles. The summed E-state index contributed by atoms with van der Waals surface area (Å²) in [5, 5.41) is 7.64. The molecule has 0 saturated heterocycles. The molecule has 7 heteroatoms. The molecule has 132 valence electrons. The number of aromatic nitrogens is 3. The molecule has 6 nitrogen and oxygen atoms in total. The molecular weight excluding hydrogens is 352 g/mol. The largest absolute Gasteiger partial charge is 0.324 e. The summed E-state index contributed by atoms with van der Waals surface area (Å²) >= 11 is 5.99. The van der Waals surface area contributed by atoms with Gasteiger partial charge in [0.1, 0.15) is 6.04 Å². The van der Waals surface area contributed by atoms with Gasteiger partial charge in [0.25, 0.3) is 5.56 Å². The number of carbonyl (C=O) groups excluding carboxylic acids is 1. The fraction of sp³-hybridized carbons (Fsp3) is 0.158. The van der Waals surface area contributed by atoms with E-state index < -0.39 is 6.04 Å². The third-order valence-electron chi connectivity index (χ3n) is 3.99. The van der Waals surface area contributed by atoms with Crippen molar-refractivity contribution in [2.24, 2.45) is 0 Å². The number of nitrogens with one attached hydrogen (secondary N) is 1. The normalized spacial score (nSPS) is 11.8. The molecule has 3 aromatic rings. The number of pyridine rings is 1. The summed E-state index contributed by atoms with van der Waals surface area (Å²) in [5.41, 5.74) is 2.45. The van der Waals surface area contributed by atoms with E-state index in [2.05, 4.69) is 15.4 Å². The number of aryl methyl sites for hydroxylation is 1. The van der Waals surface area contributed by atoms with Gasteiger partial charge < -0.3 is 5.32 Å². The summed E-state index contributed by atoms with van der Waals surface area (Å²) < 4.78 is 1.16. The Bertz CT molecular complexity index is 1000. The number of amides is 1. The molecule has 0 aliphatic rings. The van der Waals surface area contributed by atoms with Gasteiger partial charge in [-0.3, -0.25) is 14.6 Å². The van der Waals surface area contributed by atoms with E-state index in [-0.39, 0.29) is 11.5 Å². The Kier molecular flexibility index (Phi) is 5.14. The van der Waals surface area contributed by atoms with E-state index in [1.54, 1.807) is 43.6 Å². The van der Waals surface area contributed by atoms with Crippen LogP contribution >= 0.6 is 11.6 Å². The fourth-order valence-electron chi connectivity index (χ4n) is 2.45. The fourth-order valence-corrected chi connectivity index (χ4v) is 2.62. The van der Waals surface area contributed by atoms with Gasteiger partial charge in [-0.2, -0.15) is 5.10 Å². The topological polar surface area (TPSA) is 76.9 Å². The van der Waals surface area contributed by atoms with Crippen molar-refractivity contribution < 1.29 is 4.79 Å². The van der Waals surface area contributed by atoms with Crippen LogP contribution in [-0.4, -0.2) is 20.7 Å². The Balaban J connectivity index is 1.89. The minimum Gasteiger partial charge on any atom is -0.324 e. The summed E-state index contributed by atoms with van der Waals surface area (Å²) in [7, 11) is 0. The molecule has 1 amide bonds. The van der Waals surface area contributed by atoms with Crippen LogP contribution < -0.4 is 10.9 Å². The SMILES string of the molecule is Cc1ccc(Cl)cc1NC(=O)C(C)n1nc(-c2cccnc2)ccc1=O. The Morgan fingerprint density at radius 3 is 2.77 bits per heavy atom. The van der Waals surface area contributed by atoms with Gasteiger partial charge in [0.2, 0.25) is 5.91 Å². The molecule has 0 saturated carbocycles. The molecule has 0 aliphatic carbocycles. The van der Waals surface area contributed by atoms with E-state index in [1.165, 1.54) is 6.07 Å². The number of anilines is 1. The zero-order chi connectivity index (χ0) is 18.7. The molecule has 2 heterocycles. The Hall–Kier alpha value is -2.99. The lowest BCUT2D eigenvalue weighted by Gasteiger charge is -2.16. The highest BCUT2D eigenvalue weighted by atomic mass is 35.5. The first-order chi connectivity index (χ1) is 12.5. The van der Waals surface area contributed by atoms with Gasteiger partial charge in [0, 0.05) is 34.7 Å². The highest BCUT2D eigenvalue weighted by Gasteiger charge is 2.19. The van der Waals surface area contributed by atoms with Gasteiger partial charge in [0.15, 0.2) is 0 Å². The number of rotatable bonds is 4. The van der Waals surface area contributed by atoms with Crippen LogP contribution in [0.3, 0.4) is 0 Å². The molecule has 0 bridgehead atoms. The average molecular weight is 369 g/mol. The first-order valence-electron chi connectivity index (χ1n) is 8.03. The molecule has 0 fully saturated rings. The predicted molar refractivity (Wildman–Crippen MR) is 101 cm³/mol. The van der Waals surface area contributed by atoms with Gasteiger partial charge in [-0.25, -0.2) is 4.68 Å². The van der Waals surface area contributed by atoms with Crippen molar-refractivity contribution in [1.29, 1.82) is 0 Å². The Morgan fingerprint density at radius 1 is 1.23 bits per heavy atom. The maximum absolute atomic E-state index is 12.6. The van der Waals surface area contributed by atoms with Crippen LogP contribution in [0, 0.1) is 6.92 Å². The number of carbonyl (C=O) groups is 1. The van der Waals surface area contributed by atoms with Crippen molar-refractivity contribution >= 4 is 23.2 Å². The summed E-state index contributed by atoms with van der Waals surface area (Å²) in [6.45, 7) is 3.49. The van der Waals surface area contributed by atoms with Gasteiger partial charge in [-0.15, -0.1) is 0 Å². The molecular formula is C19H17ClN4O2. The van der Waals surface area contributed by atoms with E-state index in [4.69, 9.17) is 11.6 Å². The molecule has 1 atom stereocenters. The van der Waals surface area contributed by atoms with Crippen LogP contribution in [-0.2, 0) is 4.79 Å². The number of nitrogens with zero attached hydrogens (tertiary/aromatic N) is 3. The summed E-state index contributed by atoms with van der Waals surface area (Å²) in [6.07, 6.45) is 3.31. The maximum atomic E-state index is 12.6. The second kappa shape index (κ2) is 7.49. The number of hydrogen-bond acceptors (Lipinski definition) is 4. The van der Waals surface area contributed by atoms with E-state index in [0.717, 1.165) is 15.8 Å². The third-order valence-corrected chi connectivity index (χ3v) is 4.22. The van der Waals surface area contributed by atoms with E-state index in [9.17, 15) is 9.59 Å². The first-order valence-corrected chi connectivity index (χ1v) is 8.41. The zero-order valence-corrected chi connectivity index (χ0v) is 15.1. The summed E-state index contributed by atoms with van der Waals surface area (Å²) in [5.74, 6) is -0.353.